The van der Waals surface area contributed by atoms with Crippen LogP contribution in [0.3, 0.4) is 0 Å². The molecule has 1 spiro atoms. The number of benzene rings is 1. The number of anilines is 1. The fourth-order valence-electron chi connectivity index (χ4n) is 6.48. The predicted molar refractivity (Wildman–Crippen MR) is 161 cm³/mol. The van der Waals surface area contributed by atoms with Crippen molar-refractivity contribution in [3.8, 4) is 0 Å². The minimum atomic E-state index is -3.26. The van der Waals surface area contributed by atoms with Crippen LogP contribution in [0.15, 0.2) is 53.6 Å². The van der Waals surface area contributed by atoms with Gasteiger partial charge in [-0.15, -0.1) is 0 Å². The fraction of sp³-hybridized carbons (Fsp3) is 0.517. The van der Waals surface area contributed by atoms with Crippen molar-refractivity contribution in [3.63, 3.8) is 0 Å². The van der Waals surface area contributed by atoms with E-state index >= 15 is 0 Å². The Labute approximate surface area is 255 Å². The number of halogens is 3. The van der Waals surface area contributed by atoms with Crippen molar-refractivity contribution in [2.24, 2.45) is 11.3 Å². The SMILES string of the molecule is C=C(/C=C\C=C(\Cl)CF)[C@H]1[C@H](C(=O)N[C@H]2C[C@@](C)(OO[PH](=O)O)C2)N[C@H](CC(C)(C)C)[C@]12C(=O)Nc1cc(Cl)ccc12. The molecule has 1 saturated carbocycles. The summed E-state index contributed by atoms with van der Waals surface area (Å²) >= 11 is 12.1. The lowest BCUT2D eigenvalue weighted by molar-refractivity contribution is -0.313. The number of nitrogens with one attached hydrogen (secondary N) is 3. The van der Waals surface area contributed by atoms with Gasteiger partial charge in [0.2, 0.25) is 11.8 Å². The molecule has 1 saturated heterocycles. The third-order valence-electron chi connectivity index (χ3n) is 8.04. The molecule has 4 rings (SSSR count). The minimum absolute atomic E-state index is 0.00231. The second-order valence-electron chi connectivity index (χ2n) is 12.6. The average molecular weight is 645 g/mol. The number of carbonyl (C=O) groups is 2. The van der Waals surface area contributed by atoms with E-state index < -0.39 is 43.9 Å². The van der Waals surface area contributed by atoms with Gasteiger partial charge in [-0.2, -0.15) is 4.67 Å². The third kappa shape index (κ3) is 6.70. The predicted octanol–water partition coefficient (Wildman–Crippen LogP) is 5.49. The summed E-state index contributed by atoms with van der Waals surface area (Å²) < 4.78 is 28.3. The molecule has 13 heteroatoms. The molecular formula is C29H37Cl2FN3O6P. The lowest BCUT2D eigenvalue weighted by Crippen LogP contribution is -2.58. The highest BCUT2D eigenvalue weighted by atomic mass is 35.5. The number of hydrogen-bond acceptors (Lipinski definition) is 6. The summed E-state index contributed by atoms with van der Waals surface area (Å²) in [4.78, 5) is 42.1. The highest BCUT2D eigenvalue weighted by molar-refractivity contribution is 7.31. The zero-order valence-corrected chi connectivity index (χ0v) is 26.4. The van der Waals surface area contributed by atoms with E-state index in [0.717, 1.165) is 0 Å². The topological polar surface area (TPSA) is 126 Å². The molecule has 1 aromatic carbocycles. The second kappa shape index (κ2) is 12.5. The Morgan fingerprint density at radius 3 is 2.67 bits per heavy atom. The molecule has 2 fully saturated rings. The number of fused-ring (bicyclic) bond motifs is 2. The van der Waals surface area contributed by atoms with E-state index in [1.807, 2.05) is 6.07 Å². The Morgan fingerprint density at radius 1 is 1.36 bits per heavy atom. The highest BCUT2D eigenvalue weighted by Crippen LogP contribution is 2.55. The Bertz CT molecular complexity index is 1340. The van der Waals surface area contributed by atoms with Crippen molar-refractivity contribution in [3.05, 3.63) is 64.2 Å². The van der Waals surface area contributed by atoms with Gasteiger partial charge < -0.3 is 20.8 Å². The lowest BCUT2D eigenvalue weighted by atomic mass is 9.62. The molecule has 1 unspecified atom stereocenters. The molecule has 4 N–H and O–H groups in total. The Balaban J connectivity index is 1.73. The maximum atomic E-state index is 14.1. The van der Waals surface area contributed by atoms with Crippen LogP contribution in [-0.2, 0) is 29.1 Å². The maximum Gasteiger partial charge on any atom is 0.344 e. The highest BCUT2D eigenvalue weighted by Gasteiger charge is 2.66. The molecule has 42 heavy (non-hydrogen) atoms. The van der Waals surface area contributed by atoms with Crippen molar-refractivity contribution < 1.29 is 33.0 Å². The van der Waals surface area contributed by atoms with Gasteiger partial charge in [0.15, 0.2) is 0 Å². The number of rotatable bonds is 10. The minimum Gasteiger partial charge on any atom is -0.352 e. The standard InChI is InChI=1S/C29H37Cl2FN3O6P/c1-16(7-6-8-18(31)15-32)23-24(25(36)33-19-12-28(5,13-19)40-41-42(38)39)35-22(14-27(2,3)4)29(23)20-10-9-17(30)11-21(20)34-26(29)37/h6-11,19,22-24,35,42H,1,12-15H2,2-5H3,(H,33,36)(H,34,37)(H,38,39)/b7-6-,18-8+/t19-,22-,23+,24-,28+,29+/m1/s1. The molecule has 5 atom stereocenters. The van der Waals surface area contributed by atoms with Crippen LogP contribution in [0.4, 0.5) is 10.1 Å². The third-order valence-corrected chi connectivity index (χ3v) is 8.72. The Hall–Kier alpha value is -2.04. The smallest absolute Gasteiger partial charge is 0.344 e. The van der Waals surface area contributed by atoms with Gasteiger partial charge in [-0.3, -0.25) is 14.2 Å². The first-order chi connectivity index (χ1) is 19.6. The van der Waals surface area contributed by atoms with Crippen molar-refractivity contribution in [1.29, 1.82) is 0 Å². The fourth-order valence-corrected chi connectivity index (χ4v) is 6.99. The summed E-state index contributed by atoms with van der Waals surface area (Å²) in [6, 6.07) is 3.63. The van der Waals surface area contributed by atoms with Crippen LogP contribution < -0.4 is 16.0 Å². The summed E-state index contributed by atoms with van der Waals surface area (Å²) in [5.41, 5.74) is -0.467. The van der Waals surface area contributed by atoms with Crippen LogP contribution in [0, 0.1) is 11.3 Å². The van der Waals surface area contributed by atoms with Gasteiger partial charge in [0.25, 0.3) is 0 Å². The summed E-state index contributed by atoms with van der Waals surface area (Å²) in [6.07, 6.45) is 5.88. The number of allylic oxidation sites excluding steroid dienone is 4. The van der Waals surface area contributed by atoms with E-state index in [-0.39, 0.29) is 28.3 Å². The van der Waals surface area contributed by atoms with E-state index in [0.29, 0.717) is 41.1 Å². The molecule has 9 nitrogen and oxygen atoms in total. The zero-order chi connectivity index (χ0) is 31.0. The van der Waals surface area contributed by atoms with Crippen LogP contribution >= 0.6 is 31.5 Å². The molecule has 0 bridgehead atoms. The number of alkyl halides is 1. The Kier molecular flexibility index (Phi) is 9.80. The van der Waals surface area contributed by atoms with Crippen LogP contribution in [0.5, 0.6) is 0 Å². The summed E-state index contributed by atoms with van der Waals surface area (Å²) in [5, 5.41) is 9.99. The van der Waals surface area contributed by atoms with Gasteiger partial charge >= 0.3 is 8.25 Å². The van der Waals surface area contributed by atoms with E-state index in [2.05, 4.69) is 48.0 Å². The first kappa shape index (κ1) is 32.9. The molecule has 3 aliphatic rings. The van der Waals surface area contributed by atoms with Crippen LogP contribution in [0.25, 0.3) is 0 Å². The number of hydrogen-bond donors (Lipinski definition) is 4. The first-order valence-electron chi connectivity index (χ1n) is 13.6. The zero-order valence-electron chi connectivity index (χ0n) is 23.9. The van der Waals surface area contributed by atoms with Crippen molar-refractivity contribution in [1.82, 2.24) is 10.6 Å². The first-order valence-corrected chi connectivity index (χ1v) is 15.7. The molecule has 0 aromatic heterocycles. The van der Waals surface area contributed by atoms with Crippen molar-refractivity contribution >= 4 is 49.0 Å². The number of carbonyl (C=O) groups excluding carboxylic acids is 2. The second-order valence-corrected chi connectivity index (χ2v) is 14.3. The number of amides is 2. The summed E-state index contributed by atoms with van der Waals surface area (Å²) in [6.45, 7) is 11.4. The van der Waals surface area contributed by atoms with Crippen LogP contribution in [-0.4, -0.2) is 47.1 Å². The van der Waals surface area contributed by atoms with E-state index in [9.17, 15) is 18.5 Å². The van der Waals surface area contributed by atoms with Crippen molar-refractivity contribution in [2.45, 2.75) is 76.1 Å². The van der Waals surface area contributed by atoms with E-state index in [1.165, 1.54) is 6.08 Å². The van der Waals surface area contributed by atoms with Gasteiger partial charge in [0.05, 0.1) is 6.04 Å². The normalized spacial score (nSPS) is 31.6. The lowest BCUT2D eigenvalue weighted by Gasteiger charge is -2.43. The van der Waals surface area contributed by atoms with Gasteiger partial charge in [-0.25, -0.2) is 9.28 Å². The molecule has 1 aromatic rings. The summed E-state index contributed by atoms with van der Waals surface area (Å²) in [7, 11) is -3.26. The largest absolute Gasteiger partial charge is 0.352 e. The van der Waals surface area contributed by atoms with Gasteiger partial charge in [-0.05, 0) is 60.9 Å². The van der Waals surface area contributed by atoms with E-state index in [4.69, 9.17) is 33.0 Å². The molecular weight excluding hydrogens is 607 g/mol. The van der Waals surface area contributed by atoms with Crippen molar-refractivity contribution in [2.75, 3.05) is 12.0 Å². The molecule has 2 amide bonds. The average Bonchev–Trinajstić information content (AvgIpc) is 3.35. The molecule has 2 heterocycles. The molecule has 230 valence electrons. The Morgan fingerprint density at radius 2 is 2.05 bits per heavy atom. The van der Waals surface area contributed by atoms with Gasteiger partial charge in [0, 0.05) is 33.7 Å². The molecule has 1 aliphatic carbocycles. The monoisotopic (exact) mass is 643 g/mol. The quantitative estimate of drug-likeness (QED) is 0.115. The van der Waals surface area contributed by atoms with E-state index in [1.54, 1.807) is 31.2 Å². The van der Waals surface area contributed by atoms with Gasteiger partial charge in [-0.1, -0.05) is 68.8 Å². The molecule has 0 radical (unpaired) electrons. The van der Waals surface area contributed by atoms with Gasteiger partial charge in [0.1, 0.15) is 17.7 Å². The van der Waals surface area contributed by atoms with Crippen LogP contribution in [0.1, 0.15) is 52.5 Å². The van der Waals surface area contributed by atoms with Crippen LogP contribution in [0.2, 0.25) is 5.02 Å². The summed E-state index contributed by atoms with van der Waals surface area (Å²) in [5.74, 6) is -1.33. The maximum absolute atomic E-state index is 14.1. The molecule has 2 aliphatic heterocycles.